The van der Waals surface area contributed by atoms with Gasteiger partial charge in [0.15, 0.2) is 0 Å². The standard InChI is InChI=1S/C50H33NOS/c1-50(42-19-9-5-15-36(42)37-16-6-10-20-43(37)50)44-30-29-41-38-17-7-11-21-45(38)52-49(41)48(44)32-23-25-34(26-24-32)51(33-13-3-2-4-14-33)35-27-28-40-39-18-8-12-22-46(39)53-47(40)31-35/h2-31H,1H3. The molecule has 53 heavy (non-hydrogen) atoms. The molecule has 2 aromatic heterocycles. The van der Waals surface area contributed by atoms with Crippen LogP contribution in [0, 0.1) is 0 Å². The SMILES string of the molecule is CC1(c2ccc3c(oc4ccccc43)c2-c2ccc(N(c3ccccc3)c3ccc4c(c3)sc3ccccc34)cc2)c2ccccc2-c2ccccc21. The monoisotopic (exact) mass is 695 g/mol. The third kappa shape index (κ3) is 4.44. The zero-order valence-electron chi connectivity index (χ0n) is 29.1. The highest BCUT2D eigenvalue weighted by Gasteiger charge is 2.42. The van der Waals surface area contributed by atoms with Crippen molar-refractivity contribution in [2.24, 2.45) is 0 Å². The van der Waals surface area contributed by atoms with Crippen molar-refractivity contribution in [1.29, 1.82) is 0 Å². The number of para-hydroxylation sites is 2. The highest BCUT2D eigenvalue weighted by atomic mass is 32.1. The molecule has 0 fully saturated rings. The Morgan fingerprint density at radius 3 is 1.81 bits per heavy atom. The van der Waals surface area contributed by atoms with Crippen molar-refractivity contribution in [3.63, 3.8) is 0 Å². The fourth-order valence-electron chi connectivity index (χ4n) is 8.89. The van der Waals surface area contributed by atoms with E-state index in [0.29, 0.717) is 0 Å². The quantitative estimate of drug-likeness (QED) is 0.178. The molecule has 0 aliphatic heterocycles. The van der Waals surface area contributed by atoms with E-state index in [1.807, 2.05) is 11.3 Å². The number of anilines is 3. The molecule has 10 aromatic rings. The van der Waals surface area contributed by atoms with Crippen molar-refractivity contribution >= 4 is 70.5 Å². The lowest BCUT2D eigenvalue weighted by atomic mass is 9.71. The van der Waals surface area contributed by atoms with E-state index in [9.17, 15) is 0 Å². The Bertz CT molecular complexity index is 2980. The summed E-state index contributed by atoms with van der Waals surface area (Å²) in [5.41, 5.74) is 13.5. The molecule has 250 valence electrons. The summed E-state index contributed by atoms with van der Waals surface area (Å²) in [6.45, 7) is 2.39. The molecule has 8 aromatic carbocycles. The van der Waals surface area contributed by atoms with Gasteiger partial charge in [-0.05, 0) is 88.8 Å². The number of thiophene rings is 1. The predicted octanol–water partition coefficient (Wildman–Crippen LogP) is 14.4. The lowest BCUT2D eigenvalue weighted by Gasteiger charge is -2.31. The van der Waals surface area contributed by atoms with Gasteiger partial charge in [0, 0.05) is 59.0 Å². The summed E-state index contributed by atoms with van der Waals surface area (Å²) >= 11 is 1.85. The first kappa shape index (κ1) is 30.2. The Morgan fingerprint density at radius 1 is 0.453 bits per heavy atom. The Hall–Kier alpha value is -6.42. The summed E-state index contributed by atoms with van der Waals surface area (Å²) < 4.78 is 9.43. The van der Waals surface area contributed by atoms with Crippen molar-refractivity contribution < 1.29 is 4.42 Å². The molecular formula is C50H33NOS. The number of rotatable bonds is 5. The molecule has 0 amide bonds. The normalized spacial score (nSPS) is 13.2. The van der Waals surface area contributed by atoms with Gasteiger partial charge in [0.05, 0.1) is 0 Å². The Balaban J connectivity index is 1.12. The maximum atomic E-state index is 6.83. The zero-order chi connectivity index (χ0) is 35.1. The van der Waals surface area contributed by atoms with E-state index in [1.165, 1.54) is 48.0 Å². The second-order valence-electron chi connectivity index (χ2n) is 14.2. The molecule has 0 unspecified atom stereocenters. The molecule has 1 aliphatic rings. The van der Waals surface area contributed by atoms with Gasteiger partial charge in [-0.2, -0.15) is 0 Å². The Morgan fingerprint density at radius 2 is 1.04 bits per heavy atom. The maximum absolute atomic E-state index is 6.83. The van der Waals surface area contributed by atoms with Crippen molar-refractivity contribution in [3.8, 4) is 22.3 Å². The highest BCUT2D eigenvalue weighted by molar-refractivity contribution is 7.25. The van der Waals surface area contributed by atoms with E-state index in [-0.39, 0.29) is 5.41 Å². The largest absolute Gasteiger partial charge is 0.455 e. The van der Waals surface area contributed by atoms with Crippen molar-refractivity contribution in [3.05, 3.63) is 199 Å². The highest BCUT2D eigenvalue weighted by Crippen LogP contribution is 2.55. The third-order valence-electron chi connectivity index (χ3n) is 11.4. The molecule has 2 heterocycles. The van der Waals surface area contributed by atoms with E-state index >= 15 is 0 Å². The molecule has 1 aliphatic carbocycles. The van der Waals surface area contributed by atoms with Gasteiger partial charge in [0.25, 0.3) is 0 Å². The smallest absolute Gasteiger partial charge is 0.143 e. The van der Waals surface area contributed by atoms with Gasteiger partial charge >= 0.3 is 0 Å². The molecule has 0 atom stereocenters. The van der Waals surface area contributed by atoms with Crippen LogP contribution in [-0.2, 0) is 5.41 Å². The first-order valence-corrected chi connectivity index (χ1v) is 19.0. The van der Waals surface area contributed by atoms with E-state index in [1.54, 1.807) is 0 Å². The third-order valence-corrected chi connectivity index (χ3v) is 12.5. The van der Waals surface area contributed by atoms with Crippen LogP contribution in [-0.4, -0.2) is 0 Å². The molecule has 0 saturated carbocycles. The number of hydrogen-bond acceptors (Lipinski definition) is 3. The molecule has 3 heteroatoms. The molecule has 0 saturated heterocycles. The second kappa shape index (κ2) is 11.5. The zero-order valence-corrected chi connectivity index (χ0v) is 29.9. The van der Waals surface area contributed by atoms with Crippen LogP contribution in [0.1, 0.15) is 23.6 Å². The summed E-state index contributed by atoms with van der Waals surface area (Å²) in [7, 11) is 0. The van der Waals surface area contributed by atoms with E-state index < -0.39 is 0 Å². The van der Waals surface area contributed by atoms with Gasteiger partial charge in [0.2, 0.25) is 0 Å². The van der Waals surface area contributed by atoms with Crippen LogP contribution < -0.4 is 4.90 Å². The first-order valence-electron chi connectivity index (χ1n) is 18.2. The average molecular weight is 696 g/mol. The number of nitrogens with zero attached hydrogens (tertiary/aromatic N) is 1. The van der Waals surface area contributed by atoms with Gasteiger partial charge < -0.3 is 9.32 Å². The minimum Gasteiger partial charge on any atom is -0.455 e. The topological polar surface area (TPSA) is 16.4 Å². The summed E-state index contributed by atoms with van der Waals surface area (Å²) in [4.78, 5) is 2.36. The van der Waals surface area contributed by atoms with Crippen LogP contribution in [0.5, 0.6) is 0 Å². The predicted molar refractivity (Wildman–Crippen MR) is 224 cm³/mol. The van der Waals surface area contributed by atoms with E-state index in [4.69, 9.17) is 4.42 Å². The summed E-state index contributed by atoms with van der Waals surface area (Å²) in [6.07, 6.45) is 0. The summed E-state index contributed by atoms with van der Waals surface area (Å²) in [5, 5.41) is 4.88. The molecule has 0 bridgehead atoms. The van der Waals surface area contributed by atoms with Crippen LogP contribution >= 0.6 is 11.3 Å². The van der Waals surface area contributed by atoms with Crippen LogP contribution in [0.4, 0.5) is 17.1 Å². The molecule has 2 nitrogen and oxygen atoms in total. The van der Waals surface area contributed by atoms with Crippen LogP contribution in [0.3, 0.4) is 0 Å². The average Bonchev–Trinajstić information content (AvgIpc) is 3.87. The lowest BCUT2D eigenvalue weighted by molar-refractivity contribution is 0.664. The molecule has 0 N–H and O–H groups in total. The molecule has 0 spiro atoms. The number of benzene rings is 8. The number of furan rings is 1. The first-order chi connectivity index (χ1) is 26.2. The number of hydrogen-bond donors (Lipinski definition) is 0. The second-order valence-corrected chi connectivity index (χ2v) is 15.3. The van der Waals surface area contributed by atoms with Gasteiger partial charge in [-0.25, -0.2) is 0 Å². The number of fused-ring (bicyclic) bond motifs is 9. The van der Waals surface area contributed by atoms with Crippen LogP contribution in [0.2, 0.25) is 0 Å². The minimum absolute atomic E-state index is 0.385. The van der Waals surface area contributed by atoms with Crippen molar-refractivity contribution in [2.75, 3.05) is 4.90 Å². The maximum Gasteiger partial charge on any atom is 0.143 e. The molecule has 0 radical (unpaired) electrons. The lowest BCUT2D eigenvalue weighted by Crippen LogP contribution is -2.23. The summed E-state index contributed by atoms with van der Waals surface area (Å²) in [5.74, 6) is 0. The summed E-state index contributed by atoms with van der Waals surface area (Å²) in [6, 6.07) is 66.1. The van der Waals surface area contributed by atoms with Crippen LogP contribution in [0.25, 0.3) is 64.4 Å². The van der Waals surface area contributed by atoms with Gasteiger partial charge in [-0.3, -0.25) is 0 Å². The van der Waals surface area contributed by atoms with Gasteiger partial charge in [0.1, 0.15) is 11.2 Å². The van der Waals surface area contributed by atoms with Crippen molar-refractivity contribution in [1.82, 2.24) is 0 Å². The van der Waals surface area contributed by atoms with Crippen LogP contribution in [0.15, 0.2) is 186 Å². The minimum atomic E-state index is -0.385. The Labute approximate surface area is 311 Å². The fraction of sp³-hybridized carbons (Fsp3) is 0.0400. The van der Waals surface area contributed by atoms with Crippen molar-refractivity contribution in [2.45, 2.75) is 12.3 Å². The Kier molecular flexibility index (Phi) is 6.58. The van der Waals surface area contributed by atoms with E-state index in [0.717, 1.165) is 50.1 Å². The fourth-order valence-corrected chi connectivity index (χ4v) is 10.0. The van der Waals surface area contributed by atoms with E-state index in [2.05, 4.69) is 194 Å². The molecule has 11 rings (SSSR count). The molecular weight excluding hydrogens is 663 g/mol. The van der Waals surface area contributed by atoms with Gasteiger partial charge in [-0.15, -0.1) is 11.3 Å². The van der Waals surface area contributed by atoms with Gasteiger partial charge in [-0.1, -0.05) is 133 Å².